The number of thiophene rings is 1. The maximum absolute atomic E-state index is 12.4. The lowest BCUT2D eigenvalue weighted by molar-refractivity contribution is -0.0504. The fourth-order valence-corrected chi connectivity index (χ4v) is 3.23. The Hall–Kier alpha value is -2.19. The molecule has 0 aliphatic rings. The Kier molecular flexibility index (Phi) is 7.15. The number of hydrogen-bond donors (Lipinski definition) is 2. The summed E-state index contributed by atoms with van der Waals surface area (Å²) in [5.41, 5.74) is 0.486. The van der Waals surface area contributed by atoms with Crippen molar-refractivity contribution in [2.24, 2.45) is 0 Å². The summed E-state index contributed by atoms with van der Waals surface area (Å²) in [7, 11) is 3.89. The second-order valence-corrected chi connectivity index (χ2v) is 6.52. The number of para-hydroxylation sites is 1. The summed E-state index contributed by atoms with van der Waals surface area (Å²) in [5, 5.41) is 7.46. The number of nitrogens with zero attached hydrogens (tertiary/aromatic N) is 1. The summed E-state index contributed by atoms with van der Waals surface area (Å²) in [4.78, 5) is 15.2. The molecule has 0 bridgehead atoms. The van der Waals surface area contributed by atoms with Gasteiger partial charge >= 0.3 is 12.6 Å². The molecule has 0 saturated heterocycles. The summed E-state index contributed by atoms with van der Waals surface area (Å²) in [5.74, 6) is 0.0579. The summed E-state index contributed by atoms with van der Waals surface area (Å²) in [6.45, 7) is -2.36. The molecule has 0 saturated carbocycles. The van der Waals surface area contributed by atoms with E-state index in [1.807, 2.05) is 36.5 Å². The van der Waals surface area contributed by atoms with Crippen molar-refractivity contribution in [3.63, 3.8) is 0 Å². The van der Waals surface area contributed by atoms with Crippen LogP contribution in [0.25, 0.3) is 0 Å². The van der Waals surface area contributed by atoms with Gasteiger partial charge in [0.1, 0.15) is 5.75 Å². The van der Waals surface area contributed by atoms with Crippen LogP contribution in [0.4, 0.5) is 13.6 Å². The molecule has 0 aliphatic carbocycles. The van der Waals surface area contributed by atoms with Crippen LogP contribution in [0.1, 0.15) is 16.5 Å². The molecular weight excluding hydrogens is 348 g/mol. The van der Waals surface area contributed by atoms with E-state index < -0.39 is 6.61 Å². The minimum absolute atomic E-state index is 0.0579. The van der Waals surface area contributed by atoms with Crippen molar-refractivity contribution in [2.45, 2.75) is 19.2 Å². The minimum atomic E-state index is -2.90. The molecule has 1 aromatic heterocycles. The van der Waals surface area contributed by atoms with Gasteiger partial charge in [0.05, 0.1) is 6.04 Å². The predicted octanol–water partition coefficient (Wildman–Crippen LogP) is 3.45. The highest BCUT2D eigenvalue weighted by Gasteiger charge is 2.16. The van der Waals surface area contributed by atoms with Crippen LogP contribution in [-0.4, -0.2) is 38.2 Å². The summed E-state index contributed by atoms with van der Waals surface area (Å²) in [6.07, 6.45) is 0. The van der Waals surface area contributed by atoms with Crippen LogP contribution < -0.4 is 15.4 Å². The Morgan fingerprint density at radius 3 is 2.60 bits per heavy atom. The van der Waals surface area contributed by atoms with Crippen LogP contribution in [0.15, 0.2) is 41.8 Å². The zero-order chi connectivity index (χ0) is 18.2. The number of amides is 2. The normalized spacial score (nSPS) is 12.2. The fraction of sp³-hybridized carbons (Fsp3) is 0.353. The van der Waals surface area contributed by atoms with E-state index in [0.717, 1.165) is 4.88 Å². The van der Waals surface area contributed by atoms with E-state index in [2.05, 4.69) is 15.4 Å². The monoisotopic (exact) mass is 369 g/mol. The van der Waals surface area contributed by atoms with E-state index in [9.17, 15) is 13.6 Å². The maximum atomic E-state index is 12.4. The van der Waals surface area contributed by atoms with Crippen LogP contribution in [0.3, 0.4) is 0 Å². The van der Waals surface area contributed by atoms with Crippen molar-refractivity contribution >= 4 is 17.4 Å². The van der Waals surface area contributed by atoms with E-state index >= 15 is 0 Å². The van der Waals surface area contributed by atoms with Gasteiger partial charge in [-0.15, -0.1) is 11.3 Å². The third kappa shape index (κ3) is 5.99. The first-order chi connectivity index (χ1) is 12.0. The van der Waals surface area contributed by atoms with Gasteiger partial charge in [-0.05, 0) is 31.6 Å². The van der Waals surface area contributed by atoms with Crippen molar-refractivity contribution in [2.75, 3.05) is 20.6 Å². The molecule has 1 aromatic carbocycles. The van der Waals surface area contributed by atoms with Crippen molar-refractivity contribution in [3.05, 3.63) is 52.2 Å². The number of hydrogen-bond acceptors (Lipinski definition) is 4. The van der Waals surface area contributed by atoms with Gasteiger partial charge in [0, 0.05) is 23.5 Å². The molecule has 136 valence electrons. The van der Waals surface area contributed by atoms with Gasteiger partial charge in [0.15, 0.2) is 0 Å². The van der Waals surface area contributed by atoms with E-state index in [4.69, 9.17) is 0 Å². The largest absolute Gasteiger partial charge is 0.434 e. The number of carbonyl (C=O) groups excluding carboxylic acids is 1. The van der Waals surface area contributed by atoms with Crippen LogP contribution in [0.5, 0.6) is 5.75 Å². The van der Waals surface area contributed by atoms with E-state index in [1.165, 1.54) is 6.07 Å². The van der Waals surface area contributed by atoms with Crippen molar-refractivity contribution in [3.8, 4) is 5.75 Å². The summed E-state index contributed by atoms with van der Waals surface area (Å²) >= 11 is 1.63. The number of nitrogens with one attached hydrogen (secondary N) is 2. The van der Waals surface area contributed by atoms with E-state index in [-0.39, 0.29) is 24.4 Å². The first kappa shape index (κ1) is 19.1. The molecule has 0 fully saturated rings. The lowest BCUT2D eigenvalue weighted by Crippen LogP contribution is -2.40. The highest BCUT2D eigenvalue weighted by molar-refractivity contribution is 7.10. The molecule has 8 heteroatoms. The summed E-state index contributed by atoms with van der Waals surface area (Å²) < 4.78 is 29.2. The molecule has 2 amide bonds. The van der Waals surface area contributed by atoms with Gasteiger partial charge < -0.3 is 20.3 Å². The van der Waals surface area contributed by atoms with Gasteiger partial charge in [0.2, 0.25) is 0 Å². The molecular formula is C17H21F2N3O2S. The number of halogens is 2. The number of likely N-dealkylation sites (N-methyl/N-ethyl adjacent to an activating group) is 1. The number of urea groups is 1. The fourth-order valence-electron chi connectivity index (χ4n) is 2.31. The molecule has 0 radical (unpaired) electrons. The third-order valence-corrected chi connectivity index (χ3v) is 4.55. The average molecular weight is 369 g/mol. The molecule has 0 aliphatic heterocycles. The Labute approximate surface area is 149 Å². The lowest BCUT2D eigenvalue weighted by atomic mass is 10.2. The first-order valence-corrected chi connectivity index (χ1v) is 8.59. The van der Waals surface area contributed by atoms with E-state index in [0.29, 0.717) is 12.1 Å². The Balaban J connectivity index is 1.87. The minimum Gasteiger partial charge on any atom is -0.434 e. The van der Waals surface area contributed by atoms with Crippen molar-refractivity contribution in [1.82, 2.24) is 15.5 Å². The van der Waals surface area contributed by atoms with Crippen LogP contribution in [-0.2, 0) is 6.54 Å². The Morgan fingerprint density at radius 2 is 1.96 bits per heavy atom. The number of rotatable bonds is 8. The zero-order valence-corrected chi connectivity index (χ0v) is 14.9. The first-order valence-electron chi connectivity index (χ1n) is 7.71. The summed E-state index contributed by atoms with van der Waals surface area (Å²) in [6, 6.07) is 10.1. The van der Waals surface area contributed by atoms with Crippen LogP contribution >= 0.6 is 11.3 Å². The Bertz CT molecular complexity index is 666. The smallest absolute Gasteiger partial charge is 0.387 e. The average Bonchev–Trinajstić information content (AvgIpc) is 3.07. The van der Waals surface area contributed by atoms with Crippen LogP contribution in [0.2, 0.25) is 0 Å². The number of ether oxygens (including phenoxy) is 1. The highest BCUT2D eigenvalue weighted by atomic mass is 32.1. The van der Waals surface area contributed by atoms with Crippen molar-refractivity contribution < 1.29 is 18.3 Å². The molecule has 2 rings (SSSR count). The van der Waals surface area contributed by atoms with Crippen LogP contribution in [0, 0.1) is 0 Å². The van der Waals surface area contributed by atoms with Gasteiger partial charge in [-0.2, -0.15) is 8.78 Å². The van der Waals surface area contributed by atoms with Gasteiger partial charge in [0.25, 0.3) is 0 Å². The quantitative estimate of drug-likeness (QED) is 0.749. The van der Waals surface area contributed by atoms with Gasteiger partial charge in [-0.1, -0.05) is 24.3 Å². The predicted molar refractivity (Wildman–Crippen MR) is 94.1 cm³/mol. The lowest BCUT2D eigenvalue weighted by Gasteiger charge is -2.23. The molecule has 1 heterocycles. The molecule has 2 aromatic rings. The molecule has 2 N–H and O–H groups in total. The molecule has 25 heavy (non-hydrogen) atoms. The standard InChI is InChI=1S/C17H21F2N3O2S/c1-22(2)13(15-8-5-9-25-15)11-21-17(23)20-10-12-6-3-4-7-14(12)24-16(18)19/h3-9,13,16H,10-11H2,1-2H3,(H2,20,21,23). The second kappa shape index (κ2) is 9.33. The maximum Gasteiger partial charge on any atom is 0.387 e. The van der Waals surface area contributed by atoms with Gasteiger partial charge in [-0.25, -0.2) is 4.79 Å². The number of carbonyl (C=O) groups is 1. The SMILES string of the molecule is CN(C)C(CNC(=O)NCc1ccccc1OC(F)F)c1cccs1. The molecule has 1 atom stereocenters. The molecule has 0 spiro atoms. The molecule has 1 unspecified atom stereocenters. The van der Waals surface area contributed by atoms with E-state index in [1.54, 1.807) is 29.5 Å². The molecule has 5 nitrogen and oxygen atoms in total. The highest BCUT2D eigenvalue weighted by Crippen LogP contribution is 2.22. The topological polar surface area (TPSA) is 53.6 Å². The number of alkyl halides is 2. The second-order valence-electron chi connectivity index (χ2n) is 5.54. The Morgan fingerprint density at radius 1 is 1.20 bits per heavy atom. The number of benzene rings is 1. The zero-order valence-electron chi connectivity index (χ0n) is 14.0. The third-order valence-electron chi connectivity index (χ3n) is 3.58. The van der Waals surface area contributed by atoms with Crippen molar-refractivity contribution in [1.29, 1.82) is 0 Å². The van der Waals surface area contributed by atoms with Gasteiger partial charge in [-0.3, -0.25) is 0 Å².